The quantitative estimate of drug-likeness (QED) is 0.619. The average Bonchev–Trinajstić information content (AvgIpc) is 3.15. The van der Waals surface area contributed by atoms with Gasteiger partial charge in [0.25, 0.3) is 0 Å². The summed E-state index contributed by atoms with van der Waals surface area (Å²) in [5.41, 5.74) is 0.438. The average molecular weight is 208 g/mol. The van der Waals surface area contributed by atoms with Crippen molar-refractivity contribution in [2.24, 2.45) is 11.3 Å². The van der Waals surface area contributed by atoms with Gasteiger partial charge in [0.15, 0.2) is 0 Å². The van der Waals surface area contributed by atoms with Crippen molar-refractivity contribution < 1.29 is 9.47 Å². The standard InChI is InChI=1S/C13H20O2/c1-12(9-5-3-2-4-6-9)8-7-10-13(14-10)11(12)15-13/h9-11H,2-8H2,1H3. The molecule has 4 unspecified atom stereocenters. The molecule has 0 amide bonds. The molecule has 4 rings (SSSR count). The summed E-state index contributed by atoms with van der Waals surface area (Å²) in [6.07, 6.45) is 10.7. The minimum atomic E-state index is -0.0511. The van der Waals surface area contributed by atoms with E-state index in [0.29, 0.717) is 17.6 Å². The molecule has 4 atom stereocenters. The summed E-state index contributed by atoms with van der Waals surface area (Å²) >= 11 is 0. The van der Waals surface area contributed by atoms with Crippen molar-refractivity contribution in [3.8, 4) is 0 Å². The molecule has 0 N–H and O–H groups in total. The third kappa shape index (κ3) is 1.03. The zero-order valence-electron chi connectivity index (χ0n) is 9.50. The van der Waals surface area contributed by atoms with Gasteiger partial charge in [-0.2, -0.15) is 0 Å². The maximum absolute atomic E-state index is 5.89. The number of ether oxygens (including phenoxy) is 2. The predicted molar refractivity (Wildman–Crippen MR) is 56.4 cm³/mol. The molecule has 2 aliphatic heterocycles. The van der Waals surface area contributed by atoms with E-state index in [1.807, 2.05) is 0 Å². The van der Waals surface area contributed by atoms with Gasteiger partial charge < -0.3 is 9.47 Å². The van der Waals surface area contributed by atoms with Crippen molar-refractivity contribution in [3.63, 3.8) is 0 Å². The van der Waals surface area contributed by atoms with Gasteiger partial charge in [0, 0.05) is 5.41 Å². The molecule has 1 spiro atoms. The molecule has 0 aromatic rings. The van der Waals surface area contributed by atoms with Crippen LogP contribution in [0.15, 0.2) is 0 Å². The minimum Gasteiger partial charge on any atom is -0.336 e. The Bertz CT molecular complexity index is 297. The molecule has 4 aliphatic rings. The second-order valence-electron chi connectivity index (χ2n) is 6.21. The van der Waals surface area contributed by atoms with Gasteiger partial charge in [-0.1, -0.05) is 26.2 Å². The summed E-state index contributed by atoms with van der Waals surface area (Å²) in [5.74, 6) is 0.852. The molecule has 84 valence electrons. The first-order valence-electron chi connectivity index (χ1n) is 6.61. The maximum atomic E-state index is 5.89. The molecule has 15 heavy (non-hydrogen) atoms. The van der Waals surface area contributed by atoms with Crippen LogP contribution in [0.2, 0.25) is 0 Å². The summed E-state index contributed by atoms with van der Waals surface area (Å²) < 4.78 is 11.6. The molecule has 0 aromatic heterocycles. The van der Waals surface area contributed by atoms with Gasteiger partial charge in [0.05, 0.1) is 0 Å². The van der Waals surface area contributed by atoms with Crippen LogP contribution in [0.3, 0.4) is 0 Å². The molecule has 2 aliphatic carbocycles. The fourth-order valence-corrected chi connectivity index (χ4v) is 4.28. The lowest BCUT2D eigenvalue weighted by molar-refractivity contribution is 0.0802. The van der Waals surface area contributed by atoms with E-state index in [2.05, 4.69) is 6.92 Å². The van der Waals surface area contributed by atoms with E-state index in [1.54, 1.807) is 0 Å². The highest BCUT2D eigenvalue weighted by molar-refractivity contribution is 5.22. The van der Waals surface area contributed by atoms with Crippen LogP contribution >= 0.6 is 0 Å². The van der Waals surface area contributed by atoms with E-state index >= 15 is 0 Å². The fraction of sp³-hybridized carbons (Fsp3) is 1.00. The van der Waals surface area contributed by atoms with E-state index in [0.717, 1.165) is 5.92 Å². The Hall–Kier alpha value is -0.0800. The Balaban J connectivity index is 1.58. The van der Waals surface area contributed by atoms with Crippen molar-refractivity contribution in [2.75, 3.05) is 0 Å². The van der Waals surface area contributed by atoms with Crippen LogP contribution in [-0.4, -0.2) is 18.0 Å². The lowest BCUT2D eigenvalue weighted by Crippen LogP contribution is -2.38. The topological polar surface area (TPSA) is 25.1 Å². The lowest BCUT2D eigenvalue weighted by Gasteiger charge is -2.40. The first-order valence-corrected chi connectivity index (χ1v) is 6.61. The Morgan fingerprint density at radius 1 is 1.00 bits per heavy atom. The van der Waals surface area contributed by atoms with Crippen LogP contribution in [-0.2, 0) is 9.47 Å². The molecule has 2 heteroatoms. The first-order chi connectivity index (χ1) is 7.26. The second kappa shape index (κ2) is 2.60. The van der Waals surface area contributed by atoms with Gasteiger partial charge in [-0.3, -0.25) is 0 Å². The Labute approximate surface area is 91.3 Å². The van der Waals surface area contributed by atoms with E-state index in [4.69, 9.17) is 9.47 Å². The van der Waals surface area contributed by atoms with Crippen molar-refractivity contribution in [1.82, 2.24) is 0 Å². The molecule has 2 heterocycles. The van der Waals surface area contributed by atoms with Crippen LogP contribution < -0.4 is 0 Å². The highest BCUT2D eigenvalue weighted by atomic mass is 16.9. The summed E-state index contributed by atoms with van der Waals surface area (Å²) in [7, 11) is 0. The number of rotatable bonds is 1. The van der Waals surface area contributed by atoms with Crippen LogP contribution in [0.1, 0.15) is 51.9 Å². The van der Waals surface area contributed by atoms with E-state index in [-0.39, 0.29) is 5.79 Å². The van der Waals surface area contributed by atoms with Gasteiger partial charge in [0.1, 0.15) is 12.2 Å². The smallest absolute Gasteiger partial charge is 0.223 e. The molecule has 0 bridgehead atoms. The van der Waals surface area contributed by atoms with E-state index < -0.39 is 0 Å². The highest BCUT2D eigenvalue weighted by Gasteiger charge is 2.83. The molecular weight excluding hydrogens is 188 g/mol. The van der Waals surface area contributed by atoms with Gasteiger partial charge in [-0.15, -0.1) is 0 Å². The normalized spacial score (nSPS) is 58.2. The largest absolute Gasteiger partial charge is 0.336 e. The summed E-state index contributed by atoms with van der Waals surface area (Å²) in [5, 5.41) is 0. The molecule has 2 nitrogen and oxygen atoms in total. The van der Waals surface area contributed by atoms with Gasteiger partial charge in [-0.25, -0.2) is 0 Å². The zero-order valence-corrected chi connectivity index (χ0v) is 9.50. The van der Waals surface area contributed by atoms with Crippen LogP contribution in [0, 0.1) is 11.3 Å². The third-order valence-corrected chi connectivity index (χ3v) is 5.41. The van der Waals surface area contributed by atoms with E-state index in [1.165, 1.54) is 44.9 Å². The van der Waals surface area contributed by atoms with Gasteiger partial charge >= 0.3 is 0 Å². The van der Waals surface area contributed by atoms with Crippen molar-refractivity contribution >= 4 is 0 Å². The van der Waals surface area contributed by atoms with Crippen molar-refractivity contribution in [2.45, 2.75) is 69.9 Å². The first kappa shape index (κ1) is 9.00. The number of hydrogen-bond acceptors (Lipinski definition) is 2. The number of epoxide rings is 2. The summed E-state index contributed by atoms with van der Waals surface area (Å²) in [6, 6.07) is 0. The molecule has 0 radical (unpaired) electrons. The van der Waals surface area contributed by atoms with Crippen molar-refractivity contribution in [1.29, 1.82) is 0 Å². The predicted octanol–water partition coefficient (Wildman–Crippen LogP) is 2.86. The summed E-state index contributed by atoms with van der Waals surface area (Å²) in [6.45, 7) is 2.46. The Morgan fingerprint density at radius 2 is 1.80 bits per heavy atom. The number of hydrogen-bond donors (Lipinski definition) is 0. The molecule has 4 fully saturated rings. The lowest BCUT2D eigenvalue weighted by atomic mass is 9.63. The van der Waals surface area contributed by atoms with Gasteiger partial charge in [0.2, 0.25) is 5.79 Å². The molecule has 2 saturated carbocycles. The Morgan fingerprint density at radius 3 is 2.60 bits per heavy atom. The van der Waals surface area contributed by atoms with Crippen LogP contribution in [0.4, 0.5) is 0 Å². The molecular formula is C13H20O2. The van der Waals surface area contributed by atoms with Crippen molar-refractivity contribution in [3.05, 3.63) is 0 Å². The maximum Gasteiger partial charge on any atom is 0.223 e. The molecule has 0 aromatic carbocycles. The zero-order chi connectivity index (χ0) is 10.1. The van der Waals surface area contributed by atoms with Gasteiger partial charge in [-0.05, 0) is 31.6 Å². The SMILES string of the molecule is CC1(C2CCCCC2)CCC2OC23OC13. The second-order valence-corrected chi connectivity index (χ2v) is 6.21. The highest BCUT2D eigenvalue weighted by Crippen LogP contribution is 2.69. The van der Waals surface area contributed by atoms with E-state index in [9.17, 15) is 0 Å². The monoisotopic (exact) mass is 208 g/mol. The van der Waals surface area contributed by atoms with Crippen LogP contribution in [0.25, 0.3) is 0 Å². The minimum absolute atomic E-state index is 0.0511. The fourth-order valence-electron chi connectivity index (χ4n) is 4.28. The Kier molecular flexibility index (Phi) is 1.56. The third-order valence-electron chi connectivity index (χ3n) is 5.41. The summed E-state index contributed by atoms with van der Waals surface area (Å²) in [4.78, 5) is 0. The molecule has 2 saturated heterocycles. The van der Waals surface area contributed by atoms with Crippen LogP contribution in [0.5, 0.6) is 0 Å².